The minimum atomic E-state index is 0.221. The molecule has 0 amide bonds. The minimum Gasteiger partial charge on any atom is -0.103 e. The highest BCUT2D eigenvalue weighted by Crippen LogP contribution is 2.33. The van der Waals surface area contributed by atoms with E-state index in [0.717, 1.165) is 19.3 Å². The SMILES string of the molecule is C=CC(C)(CCC=C(C)C)CC(=C)CC. The first-order valence-electron chi connectivity index (χ1n) is 5.87. The van der Waals surface area contributed by atoms with Gasteiger partial charge in [0.15, 0.2) is 0 Å². The van der Waals surface area contributed by atoms with Gasteiger partial charge in [-0.25, -0.2) is 0 Å². The van der Waals surface area contributed by atoms with Crippen LogP contribution in [0, 0.1) is 5.41 Å². The first-order valence-corrected chi connectivity index (χ1v) is 5.87. The second-order valence-corrected chi connectivity index (χ2v) is 4.96. The van der Waals surface area contributed by atoms with Gasteiger partial charge in [-0.05, 0) is 44.9 Å². The van der Waals surface area contributed by atoms with Gasteiger partial charge in [-0.1, -0.05) is 43.7 Å². The van der Waals surface area contributed by atoms with Crippen LogP contribution < -0.4 is 0 Å². The number of rotatable bonds is 7. The van der Waals surface area contributed by atoms with Crippen LogP contribution >= 0.6 is 0 Å². The Hall–Kier alpha value is -0.780. The lowest BCUT2D eigenvalue weighted by molar-refractivity contribution is 0.389. The van der Waals surface area contributed by atoms with Gasteiger partial charge in [-0.2, -0.15) is 0 Å². The van der Waals surface area contributed by atoms with Crippen molar-refractivity contribution in [2.45, 2.75) is 53.4 Å². The fourth-order valence-electron chi connectivity index (χ4n) is 1.65. The summed E-state index contributed by atoms with van der Waals surface area (Å²) >= 11 is 0. The third-order valence-corrected chi connectivity index (χ3v) is 2.91. The van der Waals surface area contributed by atoms with Crippen LogP contribution in [0.25, 0.3) is 0 Å². The second kappa shape index (κ2) is 6.66. The van der Waals surface area contributed by atoms with E-state index in [4.69, 9.17) is 0 Å². The Kier molecular flexibility index (Phi) is 6.31. The van der Waals surface area contributed by atoms with Crippen LogP contribution in [-0.2, 0) is 0 Å². The third-order valence-electron chi connectivity index (χ3n) is 2.91. The molecule has 0 saturated heterocycles. The average molecular weight is 206 g/mol. The van der Waals surface area contributed by atoms with Crippen LogP contribution in [0.2, 0.25) is 0 Å². The van der Waals surface area contributed by atoms with Crippen molar-refractivity contribution in [3.05, 3.63) is 36.5 Å². The van der Waals surface area contributed by atoms with Gasteiger partial charge in [0, 0.05) is 0 Å². The fraction of sp³-hybridized carbons (Fsp3) is 0.600. The Labute approximate surface area is 95.8 Å². The minimum absolute atomic E-state index is 0.221. The fourth-order valence-corrected chi connectivity index (χ4v) is 1.65. The van der Waals surface area contributed by atoms with Crippen molar-refractivity contribution in [1.29, 1.82) is 0 Å². The summed E-state index contributed by atoms with van der Waals surface area (Å²) in [5, 5.41) is 0. The predicted octanol–water partition coefficient (Wildman–Crippen LogP) is 5.28. The van der Waals surface area contributed by atoms with Crippen molar-refractivity contribution in [2.75, 3.05) is 0 Å². The van der Waals surface area contributed by atoms with Crippen molar-refractivity contribution < 1.29 is 0 Å². The normalized spacial score (nSPS) is 14.1. The predicted molar refractivity (Wildman–Crippen MR) is 71.0 cm³/mol. The molecule has 0 aliphatic carbocycles. The van der Waals surface area contributed by atoms with Crippen molar-refractivity contribution >= 4 is 0 Å². The first-order chi connectivity index (χ1) is 6.93. The molecule has 0 heterocycles. The molecule has 0 aromatic rings. The third kappa shape index (κ3) is 6.33. The first kappa shape index (κ1) is 14.2. The highest BCUT2D eigenvalue weighted by Gasteiger charge is 2.19. The Bertz CT molecular complexity index is 241. The maximum Gasteiger partial charge on any atom is -0.0109 e. The van der Waals surface area contributed by atoms with E-state index < -0.39 is 0 Å². The van der Waals surface area contributed by atoms with Crippen LogP contribution in [0.4, 0.5) is 0 Å². The van der Waals surface area contributed by atoms with Crippen molar-refractivity contribution in [3.8, 4) is 0 Å². The zero-order valence-electron chi connectivity index (χ0n) is 10.9. The van der Waals surface area contributed by atoms with Crippen LogP contribution in [-0.4, -0.2) is 0 Å². The van der Waals surface area contributed by atoms with Crippen molar-refractivity contribution in [2.24, 2.45) is 5.41 Å². The van der Waals surface area contributed by atoms with Crippen LogP contribution in [0.3, 0.4) is 0 Å². The molecule has 0 N–H and O–H groups in total. The van der Waals surface area contributed by atoms with Crippen molar-refractivity contribution in [1.82, 2.24) is 0 Å². The summed E-state index contributed by atoms with van der Waals surface area (Å²) in [6, 6.07) is 0. The maximum absolute atomic E-state index is 4.09. The number of hydrogen-bond acceptors (Lipinski definition) is 0. The maximum atomic E-state index is 4.09. The summed E-state index contributed by atoms with van der Waals surface area (Å²) in [5.41, 5.74) is 2.95. The molecule has 0 bridgehead atoms. The molecule has 1 unspecified atom stereocenters. The summed E-state index contributed by atoms with van der Waals surface area (Å²) in [7, 11) is 0. The zero-order valence-corrected chi connectivity index (χ0v) is 10.9. The van der Waals surface area contributed by atoms with Gasteiger partial charge < -0.3 is 0 Å². The molecule has 0 saturated carbocycles. The Balaban J connectivity index is 4.25. The monoisotopic (exact) mass is 206 g/mol. The van der Waals surface area contributed by atoms with Gasteiger partial charge >= 0.3 is 0 Å². The molecule has 86 valence electrons. The summed E-state index contributed by atoms with van der Waals surface area (Å²) in [5.74, 6) is 0. The highest BCUT2D eigenvalue weighted by molar-refractivity contribution is 5.05. The molecular formula is C15H26. The van der Waals surface area contributed by atoms with E-state index >= 15 is 0 Å². The zero-order chi connectivity index (χ0) is 11.9. The Morgan fingerprint density at radius 2 is 1.93 bits per heavy atom. The summed E-state index contributed by atoms with van der Waals surface area (Å²) < 4.78 is 0. The lowest BCUT2D eigenvalue weighted by Crippen LogP contribution is -2.13. The molecule has 0 radical (unpaired) electrons. The standard InChI is InChI=1S/C15H26/c1-7-14(5)12-15(6,8-2)11-9-10-13(3)4/h8,10H,2,5,7,9,11-12H2,1,3-4,6H3. The number of hydrogen-bond donors (Lipinski definition) is 0. The van der Waals surface area contributed by atoms with Crippen molar-refractivity contribution in [3.63, 3.8) is 0 Å². The highest BCUT2D eigenvalue weighted by atomic mass is 14.2. The van der Waals surface area contributed by atoms with Crippen LogP contribution in [0.5, 0.6) is 0 Å². The second-order valence-electron chi connectivity index (χ2n) is 4.96. The molecule has 15 heavy (non-hydrogen) atoms. The van der Waals surface area contributed by atoms with Gasteiger partial charge in [-0.3, -0.25) is 0 Å². The Morgan fingerprint density at radius 1 is 1.33 bits per heavy atom. The van der Waals surface area contributed by atoms with Gasteiger partial charge in [0.25, 0.3) is 0 Å². The molecule has 0 aliphatic heterocycles. The van der Waals surface area contributed by atoms with E-state index in [9.17, 15) is 0 Å². The molecule has 0 spiro atoms. The topological polar surface area (TPSA) is 0 Å². The molecule has 0 nitrogen and oxygen atoms in total. The molecule has 0 aromatic heterocycles. The number of allylic oxidation sites excluding steroid dienone is 4. The largest absolute Gasteiger partial charge is 0.103 e. The molecule has 0 heteroatoms. The molecule has 0 aliphatic rings. The molecule has 0 fully saturated rings. The molecule has 1 atom stereocenters. The summed E-state index contributed by atoms with van der Waals surface area (Å²) in [6.07, 6.45) is 8.85. The summed E-state index contributed by atoms with van der Waals surface area (Å²) in [6.45, 7) is 16.8. The van der Waals surface area contributed by atoms with Gasteiger partial charge in [-0.15, -0.1) is 6.58 Å². The van der Waals surface area contributed by atoms with E-state index in [2.05, 4.69) is 53.0 Å². The van der Waals surface area contributed by atoms with Gasteiger partial charge in [0.05, 0.1) is 0 Å². The lowest BCUT2D eigenvalue weighted by Gasteiger charge is -2.26. The van der Waals surface area contributed by atoms with E-state index in [0.29, 0.717) is 0 Å². The van der Waals surface area contributed by atoms with E-state index in [1.165, 1.54) is 17.6 Å². The van der Waals surface area contributed by atoms with Gasteiger partial charge in [0.1, 0.15) is 0 Å². The quantitative estimate of drug-likeness (QED) is 0.497. The molecule has 0 rings (SSSR count). The van der Waals surface area contributed by atoms with E-state index in [1.807, 2.05) is 0 Å². The smallest absolute Gasteiger partial charge is 0.0109 e. The summed E-state index contributed by atoms with van der Waals surface area (Å²) in [4.78, 5) is 0. The van der Waals surface area contributed by atoms with E-state index in [-0.39, 0.29) is 5.41 Å². The van der Waals surface area contributed by atoms with Gasteiger partial charge in [0.2, 0.25) is 0 Å². The van der Waals surface area contributed by atoms with Crippen LogP contribution in [0.15, 0.2) is 36.5 Å². The Morgan fingerprint density at radius 3 is 2.33 bits per heavy atom. The molecular weight excluding hydrogens is 180 g/mol. The lowest BCUT2D eigenvalue weighted by atomic mass is 9.79. The average Bonchev–Trinajstić information content (AvgIpc) is 2.17. The molecule has 0 aromatic carbocycles. The van der Waals surface area contributed by atoms with E-state index in [1.54, 1.807) is 0 Å². The van der Waals surface area contributed by atoms with Crippen LogP contribution in [0.1, 0.15) is 53.4 Å².